The zero-order chi connectivity index (χ0) is 13.8. The number of aliphatic hydroxyl groups excluding tert-OH is 1. The fraction of sp³-hybridized carbons (Fsp3) is 1.00. The smallest absolute Gasteiger partial charge is 0.0558 e. The van der Waals surface area contributed by atoms with E-state index in [9.17, 15) is 0 Å². The molecule has 5 nitrogen and oxygen atoms in total. The second kappa shape index (κ2) is 6.71. The molecule has 0 spiro atoms. The second-order valence-corrected chi connectivity index (χ2v) is 6.80. The summed E-state index contributed by atoms with van der Waals surface area (Å²) in [6.07, 6.45) is 3.91. The Labute approximate surface area is 122 Å². The van der Waals surface area contributed by atoms with Crippen molar-refractivity contribution in [1.82, 2.24) is 15.1 Å². The van der Waals surface area contributed by atoms with Crippen molar-refractivity contribution >= 4 is 0 Å². The minimum absolute atomic E-state index is 0.281. The van der Waals surface area contributed by atoms with E-state index < -0.39 is 0 Å². The summed E-state index contributed by atoms with van der Waals surface area (Å²) in [6.45, 7) is 9.68. The quantitative estimate of drug-likeness (QED) is 0.675. The fourth-order valence-corrected chi connectivity index (χ4v) is 3.40. The normalized spacial score (nSPS) is 32.9. The molecule has 0 aromatic rings. The van der Waals surface area contributed by atoms with Crippen LogP contribution in [0.3, 0.4) is 0 Å². The summed E-state index contributed by atoms with van der Waals surface area (Å²) in [5.74, 6) is 0. The predicted molar refractivity (Wildman–Crippen MR) is 78.9 cm³/mol. The van der Waals surface area contributed by atoms with E-state index in [1.54, 1.807) is 0 Å². The Morgan fingerprint density at radius 2 is 1.90 bits per heavy atom. The summed E-state index contributed by atoms with van der Waals surface area (Å²) in [6, 6.07) is 0.786. The SMILES string of the molecule is OCCN1CCN(CC2(CNC3CC3)CCOC2)CC1. The third-order valence-electron chi connectivity index (χ3n) is 4.97. The van der Waals surface area contributed by atoms with Crippen molar-refractivity contribution < 1.29 is 9.84 Å². The molecule has 1 saturated carbocycles. The third-order valence-corrected chi connectivity index (χ3v) is 4.97. The molecule has 3 rings (SSSR count). The molecular formula is C15H29N3O2. The van der Waals surface area contributed by atoms with Crippen molar-refractivity contribution in [3.8, 4) is 0 Å². The molecule has 20 heavy (non-hydrogen) atoms. The molecule has 0 aromatic heterocycles. The first-order valence-corrected chi connectivity index (χ1v) is 8.16. The highest BCUT2D eigenvalue weighted by molar-refractivity contribution is 4.92. The van der Waals surface area contributed by atoms with E-state index in [4.69, 9.17) is 9.84 Å². The van der Waals surface area contributed by atoms with E-state index in [-0.39, 0.29) is 6.61 Å². The molecule has 0 aromatic carbocycles. The molecule has 2 aliphatic heterocycles. The van der Waals surface area contributed by atoms with E-state index >= 15 is 0 Å². The van der Waals surface area contributed by atoms with Crippen molar-refractivity contribution in [3.63, 3.8) is 0 Å². The first-order valence-electron chi connectivity index (χ1n) is 8.16. The molecule has 2 heterocycles. The lowest BCUT2D eigenvalue weighted by Gasteiger charge is -2.39. The van der Waals surface area contributed by atoms with Gasteiger partial charge in [-0.25, -0.2) is 0 Å². The summed E-state index contributed by atoms with van der Waals surface area (Å²) in [5, 5.41) is 12.7. The number of ether oxygens (including phenoxy) is 1. The maximum absolute atomic E-state index is 9.00. The maximum Gasteiger partial charge on any atom is 0.0558 e. The lowest BCUT2D eigenvalue weighted by molar-refractivity contribution is 0.0648. The summed E-state index contributed by atoms with van der Waals surface area (Å²) in [5.41, 5.74) is 0.335. The molecule has 2 N–H and O–H groups in total. The summed E-state index contributed by atoms with van der Waals surface area (Å²) >= 11 is 0. The number of nitrogens with zero attached hydrogens (tertiary/aromatic N) is 2. The van der Waals surface area contributed by atoms with E-state index in [2.05, 4.69) is 15.1 Å². The molecule has 5 heteroatoms. The van der Waals surface area contributed by atoms with Gasteiger partial charge < -0.3 is 20.1 Å². The Balaban J connectivity index is 1.46. The molecular weight excluding hydrogens is 254 g/mol. The molecule has 1 atom stereocenters. The van der Waals surface area contributed by atoms with E-state index in [1.807, 2.05) is 0 Å². The Kier molecular flexibility index (Phi) is 4.94. The van der Waals surface area contributed by atoms with Crippen LogP contribution in [-0.2, 0) is 4.74 Å². The van der Waals surface area contributed by atoms with Gasteiger partial charge in [-0.3, -0.25) is 4.90 Å². The van der Waals surface area contributed by atoms with Crippen LogP contribution in [0.5, 0.6) is 0 Å². The van der Waals surface area contributed by atoms with Crippen LogP contribution in [-0.4, -0.2) is 86.6 Å². The molecule has 116 valence electrons. The van der Waals surface area contributed by atoms with Gasteiger partial charge in [-0.2, -0.15) is 0 Å². The van der Waals surface area contributed by atoms with Gasteiger partial charge in [-0.15, -0.1) is 0 Å². The van der Waals surface area contributed by atoms with Crippen molar-refractivity contribution in [2.45, 2.75) is 25.3 Å². The van der Waals surface area contributed by atoms with Gasteiger partial charge in [0.25, 0.3) is 0 Å². The monoisotopic (exact) mass is 283 g/mol. The highest BCUT2D eigenvalue weighted by Gasteiger charge is 2.38. The molecule has 0 radical (unpaired) electrons. The van der Waals surface area contributed by atoms with Gasteiger partial charge in [0.15, 0.2) is 0 Å². The van der Waals surface area contributed by atoms with Crippen LogP contribution in [0.4, 0.5) is 0 Å². The van der Waals surface area contributed by atoms with Gasteiger partial charge in [-0.05, 0) is 19.3 Å². The van der Waals surface area contributed by atoms with Crippen LogP contribution in [0.15, 0.2) is 0 Å². The Bertz CT molecular complexity index is 295. The van der Waals surface area contributed by atoms with Crippen molar-refractivity contribution in [1.29, 1.82) is 0 Å². The average Bonchev–Trinajstić information content (AvgIpc) is 3.19. The number of β-amino-alcohol motifs (C(OH)–C–C–N with tert-alkyl or cyclic N) is 1. The first-order chi connectivity index (χ1) is 9.80. The standard InChI is InChI=1S/C15H29N3O2/c19-9-8-17-4-6-18(7-5-17)12-15(3-10-20-13-15)11-16-14-1-2-14/h14,16,19H,1-13H2. The van der Waals surface area contributed by atoms with Crippen LogP contribution in [0.2, 0.25) is 0 Å². The van der Waals surface area contributed by atoms with Gasteiger partial charge in [-0.1, -0.05) is 0 Å². The van der Waals surface area contributed by atoms with Gasteiger partial charge in [0.2, 0.25) is 0 Å². The van der Waals surface area contributed by atoms with Gasteiger partial charge >= 0.3 is 0 Å². The van der Waals surface area contributed by atoms with Crippen LogP contribution in [0, 0.1) is 5.41 Å². The van der Waals surface area contributed by atoms with Crippen molar-refractivity contribution in [2.24, 2.45) is 5.41 Å². The minimum atomic E-state index is 0.281. The topological polar surface area (TPSA) is 48.0 Å². The summed E-state index contributed by atoms with van der Waals surface area (Å²) in [4.78, 5) is 4.95. The van der Waals surface area contributed by atoms with Crippen molar-refractivity contribution in [2.75, 3.05) is 65.6 Å². The number of rotatable bonds is 7. The van der Waals surface area contributed by atoms with Gasteiger partial charge in [0.05, 0.1) is 13.2 Å². The highest BCUT2D eigenvalue weighted by atomic mass is 16.5. The van der Waals surface area contributed by atoms with Crippen LogP contribution < -0.4 is 5.32 Å². The van der Waals surface area contributed by atoms with E-state index in [0.29, 0.717) is 5.41 Å². The van der Waals surface area contributed by atoms with E-state index in [1.165, 1.54) is 25.8 Å². The molecule has 3 fully saturated rings. The molecule has 0 bridgehead atoms. The van der Waals surface area contributed by atoms with Gasteiger partial charge in [0.1, 0.15) is 0 Å². The molecule has 1 aliphatic carbocycles. The average molecular weight is 283 g/mol. The van der Waals surface area contributed by atoms with Crippen molar-refractivity contribution in [3.05, 3.63) is 0 Å². The third kappa shape index (κ3) is 3.92. The highest BCUT2D eigenvalue weighted by Crippen LogP contribution is 2.31. The Morgan fingerprint density at radius 3 is 2.50 bits per heavy atom. The molecule has 1 unspecified atom stereocenters. The Hall–Kier alpha value is -0.200. The van der Waals surface area contributed by atoms with Crippen LogP contribution >= 0.6 is 0 Å². The lowest BCUT2D eigenvalue weighted by Crippen LogP contribution is -2.52. The lowest BCUT2D eigenvalue weighted by atomic mass is 9.86. The number of aliphatic hydroxyl groups is 1. The first kappa shape index (κ1) is 14.7. The maximum atomic E-state index is 9.00. The molecule has 0 amide bonds. The molecule has 3 aliphatic rings. The molecule has 2 saturated heterocycles. The predicted octanol–water partition coefficient (Wildman–Crippen LogP) is -0.245. The fourth-order valence-electron chi connectivity index (χ4n) is 3.40. The largest absolute Gasteiger partial charge is 0.395 e. The van der Waals surface area contributed by atoms with Crippen LogP contribution in [0.1, 0.15) is 19.3 Å². The minimum Gasteiger partial charge on any atom is -0.395 e. The number of nitrogens with one attached hydrogen (secondary N) is 1. The summed E-state index contributed by atoms with van der Waals surface area (Å²) < 4.78 is 5.70. The second-order valence-electron chi connectivity index (χ2n) is 6.80. The zero-order valence-corrected chi connectivity index (χ0v) is 12.5. The summed E-state index contributed by atoms with van der Waals surface area (Å²) in [7, 11) is 0. The van der Waals surface area contributed by atoms with Gasteiger partial charge in [0, 0.05) is 63.9 Å². The number of hydrogen-bond donors (Lipinski definition) is 2. The number of hydrogen-bond acceptors (Lipinski definition) is 5. The van der Waals surface area contributed by atoms with E-state index in [0.717, 1.165) is 58.5 Å². The van der Waals surface area contributed by atoms with Crippen LogP contribution in [0.25, 0.3) is 0 Å². The number of piperazine rings is 1. The zero-order valence-electron chi connectivity index (χ0n) is 12.5. The Morgan fingerprint density at radius 1 is 1.15 bits per heavy atom.